The zero-order chi connectivity index (χ0) is 13.1. The third-order valence-corrected chi connectivity index (χ3v) is 2.32. The topological polar surface area (TPSA) is 93.9 Å². The average Bonchev–Trinajstić information content (AvgIpc) is 2.37. The molecule has 6 heteroatoms. The largest absolute Gasteiger partial charge is 0.433 e. The number of benzene rings is 1. The van der Waals surface area contributed by atoms with E-state index in [1.165, 1.54) is 29.1 Å². The normalized spacial score (nSPS) is 9.78. The van der Waals surface area contributed by atoms with Crippen LogP contribution in [-0.4, -0.2) is 9.55 Å². The first-order valence-electron chi connectivity index (χ1n) is 5.11. The first-order valence-corrected chi connectivity index (χ1v) is 5.11. The van der Waals surface area contributed by atoms with Crippen LogP contribution in [0.25, 0.3) is 0 Å². The lowest BCUT2D eigenvalue weighted by atomic mass is 10.2. The van der Waals surface area contributed by atoms with Gasteiger partial charge < -0.3 is 15.0 Å². The molecule has 18 heavy (non-hydrogen) atoms. The summed E-state index contributed by atoms with van der Waals surface area (Å²) in [5.74, 6) is 0.170. The van der Waals surface area contributed by atoms with Crippen LogP contribution in [0.1, 0.15) is 5.56 Å². The lowest BCUT2D eigenvalue weighted by Crippen LogP contribution is -2.18. The van der Waals surface area contributed by atoms with Crippen LogP contribution < -0.4 is 16.0 Å². The molecule has 0 saturated carbocycles. The van der Waals surface area contributed by atoms with Crippen molar-refractivity contribution < 1.29 is 4.74 Å². The lowest BCUT2D eigenvalue weighted by Gasteiger charge is -2.07. The quantitative estimate of drug-likeness (QED) is 0.793. The smallest absolute Gasteiger partial charge is 0.313 e. The maximum absolute atomic E-state index is 11.7. The Morgan fingerprint density at radius 2 is 2.28 bits per heavy atom. The molecule has 2 aromatic rings. The van der Waals surface area contributed by atoms with Crippen LogP contribution in [0, 0.1) is 11.3 Å². The predicted octanol–water partition coefficient (Wildman–Crippen LogP) is 1.03. The molecular formula is C12H10N4O2. The van der Waals surface area contributed by atoms with E-state index in [4.69, 9.17) is 15.7 Å². The number of hydrogen-bond donors (Lipinski definition) is 1. The fourth-order valence-corrected chi connectivity index (χ4v) is 1.37. The summed E-state index contributed by atoms with van der Waals surface area (Å²) in [5.41, 5.74) is 5.89. The summed E-state index contributed by atoms with van der Waals surface area (Å²) in [6, 6.07) is 6.54. The summed E-state index contributed by atoms with van der Waals surface area (Å²) in [6.45, 7) is 0. The summed E-state index contributed by atoms with van der Waals surface area (Å²) in [4.78, 5) is 15.5. The summed E-state index contributed by atoms with van der Waals surface area (Å²) in [5, 5.41) is 8.96. The van der Waals surface area contributed by atoms with E-state index in [9.17, 15) is 4.79 Å². The van der Waals surface area contributed by atoms with Crippen LogP contribution >= 0.6 is 0 Å². The van der Waals surface area contributed by atoms with Crippen molar-refractivity contribution in [2.75, 3.05) is 5.73 Å². The molecule has 0 spiro atoms. The van der Waals surface area contributed by atoms with Crippen LogP contribution in [0.2, 0.25) is 0 Å². The SMILES string of the molecule is Cn1ccnc(Oc2ccc(N)cc2C#N)c1=O. The lowest BCUT2D eigenvalue weighted by molar-refractivity contribution is 0.447. The maximum Gasteiger partial charge on any atom is 0.313 e. The van der Waals surface area contributed by atoms with Crippen molar-refractivity contribution in [3.63, 3.8) is 0 Å². The highest BCUT2D eigenvalue weighted by molar-refractivity contribution is 5.53. The maximum atomic E-state index is 11.7. The number of aromatic nitrogens is 2. The van der Waals surface area contributed by atoms with E-state index in [0.29, 0.717) is 5.69 Å². The van der Waals surface area contributed by atoms with E-state index in [-0.39, 0.29) is 22.8 Å². The highest BCUT2D eigenvalue weighted by Gasteiger charge is 2.09. The molecule has 1 aromatic carbocycles. The van der Waals surface area contributed by atoms with Gasteiger partial charge in [0.1, 0.15) is 11.8 Å². The van der Waals surface area contributed by atoms with Gasteiger partial charge in [-0.1, -0.05) is 0 Å². The first kappa shape index (κ1) is 11.7. The van der Waals surface area contributed by atoms with Crippen molar-refractivity contribution in [1.29, 1.82) is 5.26 Å². The van der Waals surface area contributed by atoms with Crippen molar-refractivity contribution in [3.05, 3.63) is 46.5 Å². The summed E-state index contributed by atoms with van der Waals surface area (Å²) >= 11 is 0. The van der Waals surface area contributed by atoms with Gasteiger partial charge in [0.15, 0.2) is 0 Å². The second-order valence-electron chi connectivity index (χ2n) is 3.62. The minimum absolute atomic E-state index is 0.0822. The Balaban J connectivity index is 2.44. The van der Waals surface area contributed by atoms with Crippen LogP contribution in [-0.2, 0) is 7.05 Å². The zero-order valence-corrected chi connectivity index (χ0v) is 9.62. The van der Waals surface area contributed by atoms with Gasteiger partial charge in [0, 0.05) is 25.1 Å². The number of hydrogen-bond acceptors (Lipinski definition) is 5. The molecule has 0 aliphatic heterocycles. The molecule has 2 rings (SSSR count). The molecule has 0 bridgehead atoms. The molecule has 0 amide bonds. The Kier molecular flexibility index (Phi) is 2.98. The molecule has 1 aromatic heterocycles. The van der Waals surface area contributed by atoms with Gasteiger partial charge in [-0.2, -0.15) is 5.26 Å². The molecule has 1 heterocycles. The minimum atomic E-state index is -0.377. The summed E-state index contributed by atoms with van der Waals surface area (Å²) in [6.07, 6.45) is 2.96. The molecule has 0 saturated heterocycles. The van der Waals surface area contributed by atoms with Crippen molar-refractivity contribution in [3.8, 4) is 17.7 Å². The first-order chi connectivity index (χ1) is 8.61. The van der Waals surface area contributed by atoms with Crippen LogP contribution in [0.15, 0.2) is 35.4 Å². The molecule has 90 valence electrons. The van der Waals surface area contributed by atoms with Gasteiger partial charge in [-0.05, 0) is 18.2 Å². The fraction of sp³-hybridized carbons (Fsp3) is 0.0833. The molecule has 0 radical (unpaired) electrons. The Morgan fingerprint density at radius 3 is 3.00 bits per heavy atom. The molecule has 0 unspecified atom stereocenters. The Bertz CT molecular complexity index is 685. The number of ether oxygens (including phenoxy) is 1. The molecule has 6 nitrogen and oxygen atoms in total. The van der Waals surface area contributed by atoms with Crippen molar-refractivity contribution in [2.45, 2.75) is 0 Å². The van der Waals surface area contributed by atoms with E-state index in [2.05, 4.69) is 4.98 Å². The standard InChI is InChI=1S/C12H10N4O2/c1-16-5-4-15-11(12(16)17)18-10-3-2-9(14)6-8(10)7-13/h2-6H,14H2,1H3. The summed E-state index contributed by atoms with van der Waals surface area (Å²) in [7, 11) is 1.59. The van der Waals surface area contributed by atoms with Gasteiger partial charge in [-0.3, -0.25) is 4.79 Å². The fourth-order valence-electron chi connectivity index (χ4n) is 1.37. The number of nitriles is 1. The number of rotatable bonds is 2. The van der Waals surface area contributed by atoms with Gasteiger partial charge in [0.2, 0.25) is 0 Å². The number of nitrogens with zero attached hydrogens (tertiary/aromatic N) is 3. The Hall–Kier alpha value is -2.81. The average molecular weight is 242 g/mol. The van der Waals surface area contributed by atoms with E-state index in [1.54, 1.807) is 13.1 Å². The van der Waals surface area contributed by atoms with E-state index in [1.807, 2.05) is 6.07 Å². The van der Waals surface area contributed by atoms with Gasteiger partial charge in [0.05, 0.1) is 5.56 Å². The monoisotopic (exact) mass is 242 g/mol. The summed E-state index contributed by atoms with van der Waals surface area (Å²) < 4.78 is 6.68. The Morgan fingerprint density at radius 1 is 1.50 bits per heavy atom. The molecule has 0 atom stereocenters. The number of aryl methyl sites for hydroxylation is 1. The Labute approximate surface area is 103 Å². The molecule has 2 N–H and O–H groups in total. The van der Waals surface area contributed by atoms with Crippen LogP contribution in [0.3, 0.4) is 0 Å². The van der Waals surface area contributed by atoms with Crippen LogP contribution in [0.4, 0.5) is 5.69 Å². The van der Waals surface area contributed by atoms with Gasteiger partial charge in [-0.15, -0.1) is 0 Å². The predicted molar refractivity (Wildman–Crippen MR) is 65.1 cm³/mol. The van der Waals surface area contributed by atoms with Gasteiger partial charge >= 0.3 is 5.56 Å². The second-order valence-corrected chi connectivity index (χ2v) is 3.62. The van der Waals surface area contributed by atoms with Crippen molar-refractivity contribution in [2.24, 2.45) is 7.05 Å². The second kappa shape index (κ2) is 4.59. The highest BCUT2D eigenvalue weighted by atomic mass is 16.5. The van der Waals surface area contributed by atoms with Crippen molar-refractivity contribution >= 4 is 5.69 Å². The minimum Gasteiger partial charge on any atom is -0.433 e. The molecule has 0 aliphatic carbocycles. The number of nitrogen functional groups attached to an aromatic ring is 1. The molecular weight excluding hydrogens is 232 g/mol. The van der Waals surface area contributed by atoms with Gasteiger partial charge in [-0.25, -0.2) is 4.98 Å². The highest BCUT2D eigenvalue weighted by Crippen LogP contribution is 2.23. The van der Waals surface area contributed by atoms with Gasteiger partial charge in [0.25, 0.3) is 5.88 Å². The third-order valence-electron chi connectivity index (χ3n) is 2.32. The number of anilines is 1. The molecule has 0 fully saturated rings. The zero-order valence-electron chi connectivity index (χ0n) is 9.62. The molecule has 0 aliphatic rings. The van der Waals surface area contributed by atoms with E-state index in [0.717, 1.165) is 0 Å². The number of nitrogens with two attached hydrogens (primary N) is 1. The van der Waals surface area contributed by atoms with E-state index < -0.39 is 0 Å². The van der Waals surface area contributed by atoms with E-state index >= 15 is 0 Å². The third kappa shape index (κ3) is 2.15. The van der Waals surface area contributed by atoms with Crippen LogP contribution in [0.5, 0.6) is 11.6 Å². The van der Waals surface area contributed by atoms with Crippen molar-refractivity contribution in [1.82, 2.24) is 9.55 Å².